The zero-order valence-corrected chi connectivity index (χ0v) is 11.4. The molecule has 0 saturated carbocycles. The summed E-state index contributed by atoms with van der Waals surface area (Å²) in [7, 11) is 0. The summed E-state index contributed by atoms with van der Waals surface area (Å²) in [6, 6.07) is 4.32. The van der Waals surface area contributed by atoms with Crippen LogP contribution in [0.2, 0.25) is 0 Å². The quantitative estimate of drug-likeness (QED) is 0.879. The molecule has 4 nitrogen and oxygen atoms in total. The number of aromatic nitrogens is 1. The van der Waals surface area contributed by atoms with E-state index in [4.69, 9.17) is 10.5 Å². The summed E-state index contributed by atoms with van der Waals surface area (Å²) in [6.45, 7) is 5.90. The second-order valence-corrected chi connectivity index (χ2v) is 5.79. The van der Waals surface area contributed by atoms with Crippen LogP contribution in [0.25, 0.3) is 0 Å². The smallest absolute Gasteiger partial charge is 0.0588 e. The molecule has 3 heterocycles. The summed E-state index contributed by atoms with van der Waals surface area (Å²) in [5, 5.41) is 0. The molecule has 104 valence electrons. The maximum atomic E-state index is 5.64. The Hall–Kier alpha value is -0.970. The van der Waals surface area contributed by atoms with E-state index in [1.54, 1.807) is 0 Å². The normalized spacial score (nSPS) is 24.1. The first-order chi connectivity index (χ1) is 9.35. The fourth-order valence-corrected chi connectivity index (χ4v) is 3.54. The number of nitrogens with zero attached hydrogens (tertiary/aromatic N) is 2. The van der Waals surface area contributed by atoms with Crippen LogP contribution in [0.4, 0.5) is 0 Å². The monoisotopic (exact) mass is 261 g/mol. The standard InChI is InChI=1S/C15H23N3O/c16-5-10-18-8-3-14(4-9-18)15(11-19-12-15)13-1-6-17-7-2-13/h1-2,6-7,14H,3-5,8-12,16H2. The molecule has 2 aliphatic rings. The van der Waals surface area contributed by atoms with Gasteiger partial charge >= 0.3 is 0 Å². The third-order valence-corrected chi connectivity index (χ3v) is 4.79. The maximum absolute atomic E-state index is 5.64. The molecule has 2 fully saturated rings. The van der Waals surface area contributed by atoms with Crippen molar-refractivity contribution in [2.24, 2.45) is 11.7 Å². The van der Waals surface area contributed by atoms with Gasteiger partial charge in [0.05, 0.1) is 13.2 Å². The average Bonchev–Trinajstić information content (AvgIpc) is 2.41. The van der Waals surface area contributed by atoms with Crippen molar-refractivity contribution in [2.75, 3.05) is 39.4 Å². The number of ether oxygens (including phenoxy) is 1. The van der Waals surface area contributed by atoms with Gasteiger partial charge in [-0.05, 0) is 49.5 Å². The van der Waals surface area contributed by atoms with Gasteiger partial charge in [-0.2, -0.15) is 0 Å². The van der Waals surface area contributed by atoms with Crippen molar-refractivity contribution in [2.45, 2.75) is 18.3 Å². The van der Waals surface area contributed by atoms with Crippen molar-refractivity contribution >= 4 is 0 Å². The first kappa shape index (κ1) is 13.0. The van der Waals surface area contributed by atoms with Crippen LogP contribution in [-0.2, 0) is 10.2 Å². The van der Waals surface area contributed by atoms with Crippen LogP contribution >= 0.6 is 0 Å². The van der Waals surface area contributed by atoms with Crippen molar-refractivity contribution in [3.05, 3.63) is 30.1 Å². The Morgan fingerprint density at radius 2 is 1.95 bits per heavy atom. The minimum atomic E-state index is 0.248. The number of nitrogens with two attached hydrogens (primary N) is 1. The van der Waals surface area contributed by atoms with E-state index in [1.807, 2.05) is 12.4 Å². The molecule has 3 rings (SSSR count). The van der Waals surface area contributed by atoms with Crippen molar-refractivity contribution in [3.63, 3.8) is 0 Å². The Morgan fingerprint density at radius 3 is 2.47 bits per heavy atom. The third kappa shape index (κ3) is 2.40. The van der Waals surface area contributed by atoms with Gasteiger partial charge in [0.1, 0.15) is 0 Å². The summed E-state index contributed by atoms with van der Waals surface area (Å²) in [4.78, 5) is 6.62. The summed E-state index contributed by atoms with van der Waals surface area (Å²) in [6.07, 6.45) is 6.31. The first-order valence-electron chi connectivity index (χ1n) is 7.26. The van der Waals surface area contributed by atoms with Crippen LogP contribution in [0.15, 0.2) is 24.5 Å². The Labute approximate surface area is 115 Å². The second-order valence-electron chi connectivity index (χ2n) is 5.79. The largest absolute Gasteiger partial charge is 0.379 e. The van der Waals surface area contributed by atoms with E-state index in [9.17, 15) is 0 Å². The highest BCUT2D eigenvalue weighted by Crippen LogP contribution is 2.43. The first-order valence-corrected chi connectivity index (χ1v) is 7.26. The lowest BCUT2D eigenvalue weighted by Gasteiger charge is -2.50. The van der Waals surface area contributed by atoms with Crippen molar-refractivity contribution in [1.29, 1.82) is 0 Å². The predicted octanol–water partition coefficient (Wildman–Crippen LogP) is 1.02. The van der Waals surface area contributed by atoms with Gasteiger partial charge in [0, 0.05) is 30.9 Å². The number of piperidine rings is 1. The average molecular weight is 261 g/mol. The molecule has 0 amide bonds. The van der Waals surface area contributed by atoms with E-state index in [2.05, 4.69) is 22.0 Å². The van der Waals surface area contributed by atoms with E-state index in [-0.39, 0.29) is 5.41 Å². The highest BCUT2D eigenvalue weighted by Gasteiger charge is 2.47. The topological polar surface area (TPSA) is 51.4 Å². The van der Waals surface area contributed by atoms with Crippen LogP contribution in [0.1, 0.15) is 18.4 Å². The van der Waals surface area contributed by atoms with E-state index >= 15 is 0 Å². The number of hydrogen-bond acceptors (Lipinski definition) is 4. The van der Waals surface area contributed by atoms with Gasteiger partial charge in [0.25, 0.3) is 0 Å². The van der Waals surface area contributed by atoms with Gasteiger partial charge in [0.15, 0.2) is 0 Å². The van der Waals surface area contributed by atoms with Crippen molar-refractivity contribution in [1.82, 2.24) is 9.88 Å². The van der Waals surface area contributed by atoms with E-state index in [0.717, 1.165) is 32.2 Å². The van der Waals surface area contributed by atoms with Gasteiger partial charge in [-0.1, -0.05) is 0 Å². The van der Waals surface area contributed by atoms with E-state index in [1.165, 1.54) is 31.5 Å². The fraction of sp³-hybridized carbons (Fsp3) is 0.667. The Balaban J connectivity index is 1.70. The van der Waals surface area contributed by atoms with Gasteiger partial charge in [-0.25, -0.2) is 0 Å². The Morgan fingerprint density at radius 1 is 1.26 bits per heavy atom. The van der Waals surface area contributed by atoms with E-state index < -0.39 is 0 Å². The minimum absolute atomic E-state index is 0.248. The third-order valence-electron chi connectivity index (χ3n) is 4.79. The Kier molecular flexibility index (Phi) is 3.82. The molecule has 19 heavy (non-hydrogen) atoms. The van der Waals surface area contributed by atoms with Crippen LogP contribution in [0.3, 0.4) is 0 Å². The zero-order valence-electron chi connectivity index (χ0n) is 11.4. The lowest BCUT2D eigenvalue weighted by Crippen LogP contribution is -2.55. The molecule has 0 radical (unpaired) electrons. The SMILES string of the molecule is NCCN1CCC(C2(c3ccncc3)COC2)CC1. The minimum Gasteiger partial charge on any atom is -0.379 e. The summed E-state index contributed by atoms with van der Waals surface area (Å²) < 4.78 is 5.57. The fourth-order valence-electron chi connectivity index (χ4n) is 3.54. The summed E-state index contributed by atoms with van der Waals surface area (Å²) >= 11 is 0. The molecule has 2 saturated heterocycles. The highest BCUT2D eigenvalue weighted by atomic mass is 16.5. The number of likely N-dealkylation sites (tertiary alicyclic amines) is 1. The van der Waals surface area contributed by atoms with Gasteiger partial charge in [0.2, 0.25) is 0 Å². The number of hydrogen-bond donors (Lipinski definition) is 1. The molecule has 0 atom stereocenters. The molecular weight excluding hydrogens is 238 g/mol. The lowest BCUT2D eigenvalue weighted by atomic mass is 9.65. The molecule has 1 aromatic heterocycles. The lowest BCUT2D eigenvalue weighted by molar-refractivity contribution is -0.102. The number of rotatable bonds is 4. The summed E-state index contributed by atoms with van der Waals surface area (Å²) in [5.41, 5.74) is 7.30. The second kappa shape index (κ2) is 5.57. The highest BCUT2D eigenvalue weighted by molar-refractivity contribution is 5.27. The number of pyridine rings is 1. The molecule has 2 aliphatic heterocycles. The van der Waals surface area contributed by atoms with Crippen LogP contribution in [0, 0.1) is 5.92 Å². The molecule has 0 bridgehead atoms. The molecule has 0 aliphatic carbocycles. The molecular formula is C15H23N3O. The van der Waals surface area contributed by atoms with Crippen LogP contribution in [0.5, 0.6) is 0 Å². The Bertz CT molecular complexity index is 397. The molecule has 1 aromatic rings. The summed E-state index contributed by atoms with van der Waals surface area (Å²) in [5.74, 6) is 0.734. The van der Waals surface area contributed by atoms with Gasteiger partial charge in [-0.15, -0.1) is 0 Å². The van der Waals surface area contributed by atoms with Gasteiger partial charge < -0.3 is 15.4 Å². The van der Waals surface area contributed by atoms with Crippen molar-refractivity contribution < 1.29 is 4.74 Å². The molecule has 0 aromatic carbocycles. The van der Waals surface area contributed by atoms with Crippen molar-refractivity contribution in [3.8, 4) is 0 Å². The van der Waals surface area contributed by atoms with E-state index in [0.29, 0.717) is 0 Å². The molecule has 2 N–H and O–H groups in total. The molecule has 0 unspecified atom stereocenters. The van der Waals surface area contributed by atoms with Gasteiger partial charge in [-0.3, -0.25) is 4.98 Å². The van der Waals surface area contributed by atoms with Crippen LogP contribution < -0.4 is 5.73 Å². The zero-order chi connectivity index (χ0) is 13.1. The van der Waals surface area contributed by atoms with Crippen LogP contribution in [-0.4, -0.2) is 49.3 Å². The maximum Gasteiger partial charge on any atom is 0.0588 e. The molecule has 0 spiro atoms. The predicted molar refractivity (Wildman–Crippen MR) is 75.0 cm³/mol. The molecule has 4 heteroatoms.